The summed E-state index contributed by atoms with van der Waals surface area (Å²) in [7, 11) is 0. The van der Waals surface area contributed by atoms with Gasteiger partial charge in [-0.15, -0.1) is 0 Å². The average Bonchev–Trinajstić information content (AvgIpc) is 2.58. The third-order valence-corrected chi connectivity index (χ3v) is 2.57. The average molecular weight is 229 g/mol. The molecule has 1 amide bonds. The Hall–Kier alpha value is -1.14. The highest BCUT2D eigenvalue weighted by atomic mass is 16.4. The fourth-order valence-corrected chi connectivity index (χ4v) is 1.73. The fourth-order valence-electron chi connectivity index (χ4n) is 1.73. The van der Waals surface area contributed by atoms with Crippen LogP contribution in [0.2, 0.25) is 0 Å². The van der Waals surface area contributed by atoms with Crippen LogP contribution in [0, 0.1) is 0 Å². The summed E-state index contributed by atoms with van der Waals surface area (Å²) in [4.78, 5) is 23.6. The maximum atomic E-state index is 11.4. The number of carboxylic acid groups (broad SMARTS) is 1. The van der Waals surface area contributed by atoms with Crippen molar-refractivity contribution >= 4 is 11.9 Å². The van der Waals surface area contributed by atoms with Crippen molar-refractivity contribution in [1.82, 2.24) is 10.2 Å². The van der Waals surface area contributed by atoms with E-state index in [0.29, 0.717) is 19.5 Å². The highest BCUT2D eigenvalue weighted by Crippen LogP contribution is 2.05. The SMILES string of the molecule is N[C@H]1CCN(CC(=O)NCCCC(=O)O)C1. The first-order valence-electron chi connectivity index (χ1n) is 5.54. The van der Waals surface area contributed by atoms with E-state index in [9.17, 15) is 9.59 Å². The minimum atomic E-state index is -0.834. The first-order chi connectivity index (χ1) is 7.58. The number of aliphatic carboxylic acids is 1. The predicted molar refractivity (Wildman–Crippen MR) is 58.9 cm³/mol. The zero-order valence-electron chi connectivity index (χ0n) is 9.32. The molecule has 6 heteroatoms. The van der Waals surface area contributed by atoms with Crippen molar-refractivity contribution in [2.75, 3.05) is 26.2 Å². The van der Waals surface area contributed by atoms with Gasteiger partial charge in [-0.05, 0) is 12.8 Å². The molecule has 0 bridgehead atoms. The number of carbonyl (C=O) groups is 2. The predicted octanol–water partition coefficient (Wildman–Crippen LogP) is -1.000. The lowest BCUT2D eigenvalue weighted by Crippen LogP contribution is -2.37. The summed E-state index contributed by atoms with van der Waals surface area (Å²) >= 11 is 0. The number of amides is 1. The molecule has 1 rings (SSSR count). The van der Waals surface area contributed by atoms with E-state index >= 15 is 0 Å². The van der Waals surface area contributed by atoms with Crippen molar-refractivity contribution < 1.29 is 14.7 Å². The van der Waals surface area contributed by atoms with Crippen molar-refractivity contribution in [3.8, 4) is 0 Å². The third kappa shape index (κ3) is 5.09. The molecule has 6 nitrogen and oxygen atoms in total. The Morgan fingerprint density at radius 1 is 1.50 bits per heavy atom. The largest absolute Gasteiger partial charge is 0.481 e. The van der Waals surface area contributed by atoms with Gasteiger partial charge in [0.05, 0.1) is 6.54 Å². The van der Waals surface area contributed by atoms with Crippen molar-refractivity contribution in [3.63, 3.8) is 0 Å². The molecule has 0 saturated carbocycles. The number of carbonyl (C=O) groups excluding carboxylic acids is 1. The van der Waals surface area contributed by atoms with Gasteiger partial charge in [-0.25, -0.2) is 0 Å². The van der Waals surface area contributed by atoms with Crippen LogP contribution in [0.25, 0.3) is 0 Å². The normalized spacial score (nSPS) is 20.9. The molecule has 0 unspecified atom stereocenters. The Kier molecular flexibility index (Phi) is 5.21. The van der Waals surface area contributed by atoms with E-state index in [-0.39, 0.29) is 18.4 Å². The van der Waals surface area contributed by atoms with E-state index in [2.05, 4.69) is 5.32 Å². The van der Waals surface area contributed by atoms with E-state index in [0.717, 1.165) is 19.5 Å². The Morgan fingerprint density at radius 2 is 2.25 bits per heavy atom. The minimum absolute atomic E-state index is 0.0560. The minimum Gasteiger partial charge on any atom is -0.481 e. The van der Waals surface area contributed by atoms with Crippen LogP contribution >= 0.6 is 0 Å². The van der Waals surface area contributed by atoms with Crippen LogP contribution in [-0.4, -0.2) is 54.1 Å². The van der Waals surface area contributed by atoms with Gasteiger partial charge in [0, 0.05) is 32.1 Å². The second-order valence-corrected chi connectivity index (χ2v) is 4.13. The summed E-state index contributed by atoms with van der Waals surface area (Å²) in [6.45, 7) is 2.41. The molecule has 16 heavy (non-hydrogen) atoms. The number of rotatable bonds is 6. The molecule has 0 aromatic rings. The Labute approximate surface area is 94.8 Å². The molecule has 0 aliphatic carbocycles. The molecule has 1 fully saturated rings. The van der Waals surface area contributed by atoms with Gasteiger partial charge in [0.15, 0.2) is 0 Å². The highest BCUT2D eigenvalue weighted by molar-refractivity contribution is 5.78. The Balaban J connectivity index is 2.05. The number of carboxylic acids is 1. The second kappa shape index (κ2) is 6.44. The quantitative estimate of drug-likeness (QED) is 0.508. The van der Waals surface area contributed by atoms with Crippen LogP contribution in [0.15, 0.2) is 0 Å². The van der Waals surface area contributed by atoms with Crippen molar-refractivity contribution in [2.24, 2.45) is 5.73 Å². The number of nitrogens with zero attached hydrogens (tertiary/aromatic N) is 1. The first-order valence-corrected chi connectivity index (χ1v) is 5.54. The van der Waals surface area contributed by atoms with E-state index < -0.39 is 5.97 Å². The molecular weight excluding hydrogens is 210 g/mol. The molecule has 0 spiro atoms. The Morgan fingerprint density at radius 3 is 2.81 bits per heavy atom. The number of hydrogen-bond donors (Lipinski definition) is 3. The van der Waals surface area contributed by atoms with Gasteiger partial charge in [-0.3, -0.25) is 14.5 Å². The number of likely N-dealkylation sites (tertiary alicyclic amines) is 1. The van der Waals surface area contributed by atoms with E-state index in [4.69, 9.17) is 10.8 Å². The number of nitrogens with one attached hydrogen (secondary N) is 1. The van der Waals surface area contributed by atoms with E-state index in [1.807, 2.05) is 4.90 Å². The zero-order chi connectivity index (χ0) is 12.0. The van der Waals surface area contributed by atoms with Crippen LogP contribution in [-0.2, 0) is 9.59 Å². The fraction of sp³-hybridized carbons (Fsp3) is 0.800. The summed E-state index contributed by atoms with van der Waals surface area (Å²) in [6, 6.07) is 0.180. The van der Waals surface area contributed by atoms with Crippen molar-refractivity contribution in [2.45, 2.75) is 25.3 Å². The van der Waals surface area contributed by atoms with Crippen LogP contribution in [0.5, 0.6) is 0 Å². The van der Waals surface area contributed by atoms with Crippen molar-refractivity contribution in [1.29, 1.82) is 0 Å². The van der Waals surface area contributed by atoms with Crippen LogP contribution in [0.4, 0.5) is 0 Å². The lowest BCUT2D eigenvalue weighted by Gasteiger charge is -2.14. The molecule has 0 radical (unpaired) electrons. The van der Waals surface area contributed by atoms with Gasteiger partial charge in [0.25, 0.3) is 0 Å². The zero-order valence-corrected chi connectivity index (χ0v) is 9.32. The van der Waals surface area contributed by atoms with Crippen LogP contribution in [0.3, 0.4) is 0 Å². The van der Waals surface area contributed by atoms with Gasteiger partial charge >= 0.3 is 5.97 Å². The summed E-state index contributed by atoms with van der Waals surface area (Å²) in [5.41, 5.74) is 5.72. The molecule has 1 aliphatic rings. The van der Waals surface area contributed by atoms with Gasteiger partial charge in [0.2, 0.25) is 5.91 Å². The molecule has 1 atom stereocenters. The molecule has 0 aromatic carbocycles. The monoisotopic (exact) mass is 229 g/mol. The molecular formula is C10H19N3O3. The summed E-state index contributed by atoms with van der Waals surface area (Å²) in [5, 5.41) is 11.1. The lowest BCUT2D eigenvalue weighted by molar-refractivity contribution is -0.137. The molecule has 1 saturated heterocycles. The standard InChI is InChI=1S/C10H19N3O3/c11-8-3-5-13(6-8)7-9(14)12-4-1-2-10(15)16/h8H,1-7,11H2,(H,12,14)(H,15,16)/t8-/m0/s1. The van der Waals surface area contributed by atoms with Crippen LogP contribution in [0.1, 0.15) is 19.3 Å². The van der Waals surface area contributed by atoms with Gasteiger partial charge in [0.1, 0.15) is 0 Å². The molecule has 1 aliphatic heterocycles. The maximum absolute atomic E-state index is 11.4. The Bertz CT molecular complexity index is 258. The van der Waals surface area contributed by atoms with Gasteiger partial charge in [-0.1, -0.05) is 0 Å². The van der Waals surface area contributed by atoms with Crippen LogP contribution < -0.4 is 11.1 Å². The first kappa shape index (κ1) is 12.9. The summed E-state index contributed by atoms with van der Waals surface area (Å²) in [6.07, 6.45) is 1.50. The highest BCUT2D eigenvalue weighted by Gasteiger charge is 2.20. The molecule has 4 N–H and O–H groups in total. The number of nitrogens with two attached hydrogens (primary N) is 1. The molecule has 0 aromatic heterocycles. The summed E-state index contributed by atoms with van der Waals surface area (Å²) < 4.78 is 0. The van der Waals surface area contributed by atoms with E-state index in [1.165, 1.54) is 0 Å². The maximum Gasteiger partial charge on any atom is 0.303 e. The third-order valence-electron chi connectivity index (χ3n) is 2.57. The molecule has 92 valence electrons. The van der Waals surface area contributed by atoms with Crippen molar-refractivity contribution in [3.05, 3.63) is 0 Å². The smallest absolute Gasteiger partial charge is 0.303 e. The molecule has 1 heterocycles. The topological polar surface area (TPSA) is 95.7 Å². The number of hydrogen-bond acceptors (Lipinski definition) is 4. The van der Waals surface area contributed by atoms with Gasteiger partial charge in [-0.2, -0.15) is 0 Å². The summed E-state index contributed by atoms with van der Waals surface area (Å²) in [5.74, 6) is -0.890. The lowest BCUT2D eigenvalue weighted by atomic mass is 10.3. The van der Waals surface area contributed by atoms with E-state index in [1.54, 1.807) is 0 Å². The second-order valence-electron chi connectivity index (χ2n) is 4.13. The van der Waals surface area contributed by atoms with Gasteiger partial charge < -0.3 is 16.2 Å².